The third-order valence-corrected chi connectivity index (χ3v) is 4.11. The first kappa shape index (κ1) is 24.0. The quantitative estimate of drug-likeness (QED) is 0.437. The Morgan fingerprint density at radius 2 is 1.23 bits per heavy atom. The molecule has 0 fully saturated rings. The molecule has 0 radical (unpaired) electrons. The lowest BCUT2D eigenvalue weighted by Gasteiger charge is -2.17. The molecule has 0 saturated carbocycles. The van der Waals surface area contributed by atoms with Gasteiger partial charge in [0.15, 0.2) is 0 Å². The van der Waals surface area contributed by atoms with Crippen LogP contribution < -0.4 is 5.32 Å². The summed E-state index contributed by atoms with van der Waals surface area (Å²) in [5.74, 6) is 0.176. The fraction of sp³-hybridized carbons (Fsp3) is 0.944. The van der Waals surface area contributed by atoms with Crippen LogP contribution in [0, 0.1) is 0 Å². The van der Waals surface area contributed by atoms with E-state index in [0.29, 0.717) is 6.54 Å². The van der Waals surface area contributed by atoms with Crippen LogP contribution in [-0.4, -0.2) is 37.0 Å². The number of carbonyl (C=O) groups is 1. The van der Waals surface area contributed by atoms with Gasteiger partial charge in [-0.3, -0.25) is 9.69 Å². The first-order chi connectivity index (χ1) is 10.2. The third kappa shape index (κ3) is 16.1. The van der Waals surface area contributed by atoms with Gasteiger partial charge in [-0.2, -0.15) is 0 Å². The molecule has 0 aromatic heterocycles. The Balaban J connectivity index is 0. The molecule has 0 aliphatic rings. The van der Waals surface area contributed by atoms with Crippen molar-refractivity contribution in [2.75, 3.05) is 26.2 Å². The first-order valence-corrected chi connectivity index (χ1v) is 9.23. The van der Waals surface area contributed by atoms with Gasteiger partial charge in [-0.1, -0.05) is 78.6 Å². The van der Waals surface area contributed by atoms with E-state index < -0.39 is 0 Å². The molecule has 0 spiro atoms. The van der Waals surface area contributed by atoms with E-state index >= 15 is 0 Å². The lowest BCUT2D eigenvalue weighted by atomic mass is 10.1. The second-order valence-electron chi connectivity index (χ2n) is 5.99. The molecule has 0 aromatic rings. The predicted octanol–water partition coefficient (Wildman–Crippen LogP) is 4.79. The molecule has 1 amide bonds. The van der Waals surface area contributed by atoms with E-state index in [9.17, 15) is 4.79 Å². The van der Waals surface area contributed by atoms with Crippen molar-refractivity contribution in [3.05, 3.63) is 0 Å². The van der Waals surface area contributed by atoms with E-state index in [4.69, 9.17) is 0 Å². The molecule has 1 N–H and O–H groups in total. The summed E-state index contributed by atoms with van der Waals surface area (Å²) >= 11 is 0. The van der Waals surface area contributed by atoms with Crippen LogP contribution in [0.2, 0.25) is 0 Å². The summed E-state index contributed by atoms with van der Waals surface area (Å²) in [6, 6.07) is 0. The minimum atomic E-state index is 0. The average Bonchev–Trinajstić information content (AvgIpc) is 2.50. The number of unbranched alkanes of at least 4 members (excludes halogenated alkanes) is 9. The summed E-state index contributed by atoms with van der Waals surface area (Å²) in [6.45, 7) is 9.74. The van der Waals surface area contributed by atoms with E-state index in [1.807, 2.05) is 0 Å². The average molecular weight is 335 g/mol. The number of nitrogens with zero attached hydrogens (tertiary/aromatic N) is 1. The van der Waals surface area contributed by atoms with Gasteiger partial charge in [-0.25, -0.2) is 0 Å². The first-order valence-electron chi connectivity index (χ1n) is 9.23. The molecule has 0 aliphatic carbocycles. The van der Waals surface area contributed by atoms with E-state index in [2.05, 4.69) is 31.0 Å². The molecule has 22 heavy (non-hydrogen) atoms. The van der Waals surface area contributed by atoms with Crippen LogP contribution >= 0.6 is 12.4 Å². The van der Waals surface area contributed by atoms with Crippen LogP contribution in [0.5, 0.6) is 0 Å². The number of amides is 1. The molecular weight excluding hydrogens is 296 g/mol. The number of hydrogen-bond acceptors (Lipinski definition) is 2. The van der Waals surface area contributed by atoms with Gasteiger partial charge >= 0.3 is 0 Å². The van der Waals surface area contributed by atoms with E-state index in [1.165, 1.54) is 57.8 Å². The SMILES string of the molecule is CCCCCCCCCCCCNC(=O)CN(CC)CC.Cl. The fourth-order valence-electron chi connectivity index (χ4n) is 2.55. The van der Waals surface area contributed by atoms with E-state index in [-0.39, 0.29) is 18.3 Å². The Bertz CT molecular complexity index is 233. The smallest absolute Gasteiger partial charge is 0.234 e. The highest BCUT2D eigenvalue weighted by Crippen LogP contribution is 2.10. The highest BCUT2D eigenvalue weighted by Gasteiger charge is 2.05. The van der Waals surface area contributed by atoms with Crippen molar-refractivity contribution in [3.8, 4) is 0 Å². The minimum absolute atomic E-state index is 0. The molecule has 0 rings (SSSR count). The summed E-state index contributed by atoms with van der Waals surface area (Å²) < 4.78 is 0. The largest absolute Gasteiger partial charge is 0.355 e. The molecule has 0 saturated heterocycles. The van der Waals surface area contributed by atoms with Gasteiger partial charge in [0.2, 0.25) is 5.91 Å². The number of hydrogen-bond donors (Lipinski definition) is 1. The molecule has 0 atom stereocenters. The number of rotatable bonds is 15. The maximum atomic E-state index is 11.7. The van der Waals surface area contributed by atoms with Gasteiger partial charge in [0.05, 0.1) is 6.54 Å². The topological polar surface area (TPSA) is 32.3 Å². The maximum absolute atomic E-state index is 11.7. The zero-order valence-electron chi connectivity index (χ0n) is 15.2. The Morgan fingerprint density at radius 3 is 1.68 bits per heavy atom. The lowest BCUT2D eigenvalue weighted by Crippen LogP contribution is -2.37. The number of carbonyl (C=O) groups excluding carboxylic acids is 1. The predicted molar refractivity (Wildman–Crippen MR) is 99.9 cm³/mol. The number of halogens is 1. The van der Waals surface area contributed by atoms with Crippen LogP contribution in [0.1, 0.15) is 85.0 Å². The lowest BCUT2D eigenvalue weighted by molar-refractivity contribution is -0.122. The molecule has 4 heteroatoms. The number of nitrogens with one attached hydrogen (secondary N) is 1. The van der Waals surface area contributed by atoms with Crippen LogP contribution in [-0.2, 0) is 4.79 Å². The molecule has 0 aromatic carbocycles. The summed E-state index contributed by atoms with van der Waals surface area (Å²) in [4.78, 5) is 13.8. The molecule has 3 nitrogen and oxygen atoms in total. The van der Waals surface area contributed by atoms with Crippen LogP contribution in [0.25, 0.3) is 0 Å². The Labute approximate surface area is 145 Å². The Hall–Kier alpha value is -0.280. The second-order valence-corrected chi connectivity index (χ2v) is 5.99. The highest BCUT2D eigenvalue weighted by atomic mass is 35.5. The maximum Gasteiger partial charge on any atom is 0.234 e. The minimum Gasteiger partial charge on any atom is -0.355 e. The van der Waals surface area contributed by atoms with Gasteiger partial charge < -0.3 is 5.32 Å². The zero-order chi connectivity index (χ0) is 15.8. The van der Waals surface area contributed by atoms with Crippen molar-refractivity contribution >= 4 is 18.3 Å². The van der Waals surface area contributed by atoms with Gasteiger partial charge in [0, 0.05) is 6.54 Å². The molecule has 0 bridgehead atoms. The van der Waals surface area contributed by atoms with Crippen LogP contribution in [0.15, 0.2) is 0 Å². The fourth-order valence-corrected chi connectivity index (χ4v) is 2.55. The van der Waals surface area contributed by atoms with Crippen molar-refractivity contribution in [2.24, 2.45) is 0 Å². The van der Waals surface area contributed by atoms with Crippen molar-refractivity contribution < 1.29 is 4.79 Å². The molecule has 0 heterocycles. The van der Waals surface area contributed by atoms with Crippen molar-refractivity contribution in [2.45, 2.75) is 85.0 Å². The van der Waals surface area contributed by atoms with Gasteiger partial charge in [0.25, 0.3) is 0 Å². The summed E-state index contributed by atoms with van der Waals surface area (Å²) in [7, 11) is 0. The highest BCUT2D eigenvalue weighted by molar-refractivity contribution is 5.85. The van der Waals surface area contributed by atoms with E-state index in [1.54, 1.807) is 0 Å². The molecule has 0 aliphatic heterocycles. The van der Waals surface area contributed by atoms with Crippen molar-refractivity contribution in [1.29, 1.82) is 0 Å². The molecular formula is C18H39ClN2O. The monoisotopic (exact) mass is 334 g/mol. The Kier molecular flexibility index (Phi) is 20.5. The molecule has 0 unspecified atom stereocenters. The van der Waals surface area contributed by atoms with Gasteiger partial charge in [-0.15, -0.1) is 12.4 Å². The third-order valence-electron chi connectivity index (χ3n) is 4.11. The van der Waals surface area contributed by atoms with E-state index in [0.717, 1.165) is 26.1 Å². The van der Waals surface area contributed by atoms with Crippen molar-refractivity contribution in [1.82, 2.24) is 10.2 Å². The standard InChI is InChI=1S/C18H38N2O.ClH/c1-4-7-8-9-10-11-12-13-14-15-16-19-18(21)17-20(5-2)6-3;/h4-17H2,1-3H3,(H,19,21);1H. The van der Waals surface area contributed by atoms with Gasteiger partial charge in [-0.05, 0) is 19.5 Å². The number of likely N-dealkylation sites (N-methyl/N-ethyl adjacent to an activating group) is 1. The summed E-state index contributed by atoms with van der Waals surface area (Å²) in [5, 5.41) is 3.03. The van der Waals surface area contributed by atoms with Crippen molar-refractivity contribution in [3.63, 3.8) is 0 Å². The van der Waals surface area contributed by atoms with Gasteiger partial charge in [0.1, 0.15) is 0 Å². The summed E-state index contributed by atoms with van der Waals surface area (Å²) in [5.41, 5.74) is 0. The summed E-state index contributed by atoms with van der Waals surface area (Å²) in [6.07, 6.45) is 13.4. The molecule has 134 valence electrons. The normalized spacial score (nSPS) is 10.5. The second kappa shape index (κ2) is 18.8. The zero-order valence-corrected chi connectivity index (χ0v) is 16.0. The van der Waals surface area contributed by atoms with Crippen LogP contribution in [0.4, 0.5) is 0 Å². The Morgan fingerprint density at radius 1 is 0.773 bits per heavy atom. The van der Waals surface area contributed by atoms with Crippen LogP contribution in [0.3, 0.4) is 0 Å².